The highest BCUT2D eigenvalue weighted by Crippen LogP contribution is 2.20. The molecule has 8 nitrogen and oxygen atoms in total. The van der Waals surface area contributed by atoms with Gasteiger partial charge in [0, 0.05) is 29.4 Å². The number of nitrogens with one attached hydrogen (secondary N) is 2. The number of rotatable bonds is 8. The van der Waals surface area contributed by atoms with Crippen molar-refractivity contribution >= 4 is 35.3 Å². The predicted octanol–water partition coefficient (Wildman–Crippen LogP) is 1.99. The van der Waals surface area contributed by atoms with Gasteiger partial charge in [0.1, 0.15) is 5.75 Å². The van der Waals surface area contributed by atoms with Crippen molar-refractivity contribution in [3.63, 3.8) is 0 Å². The van der Waals surface area contributed by atoms with Crippen LogP contribution in [0.2, 0.25) is 0 Å². The van der Waals surface area contributed by atoms with E-state index < -0.39 is 24.1 Å². The number of nitrogens with zero attached hydrogens (tertiary/aromatic N) is 1. The number of hydrogen-bond donors (Lipinski definition) is 3. The molecule has 0 aliphatic carbocycles. The Kier molecular flexibility index (Phi) is 6.36. The minimum absolute atomic E-state index is 0.237. The average Bonchev–Trinajstić information content (AvgIpc) is 3.23. The number of guanidine groups is 1. The number of benzene rings is 2. The van der Waals surface area contributed by atoms with Crippen LogP contribution >= 0.6 is 0 Å². The van der Waals surface area contributed by atoms with Gasteiger partial charge in [0.15, 0.2) is 12.6 Å². The van der Waals surface area contributed by atoms with Gasteiger partial charge in [0.2, 0.25) is 11.6 Å². The van der Waals surface area contributed by atoms with Crippen molar-refractivity contribution in [2.75, 3.05) is 25.0 Å². The third kappa shape index (κ3) is 5.52. The third-order valence-corrected chi connectivity index (χ3v) is 4.00. The van der Waals surface area contributed by atoms with Crippen LogP contribution in [-0.2, 0) is 9.59 Å². The van der Waals surface area contributed by atoms with Gasteiger partial charge in [-0.2, -0.15) is 0 Å². The highest BCUT2D eigenvalue weighted by Gasteiger charge is 2.18. The van der Waals surface area contributed by atoms with Gasteiger partial charge in [0.25, 0.3) is 0 Å². The number of para-hydroxylation sites is 1. The van der Waals surface area contributed by atoms with E-state index in [0.29, 0.717) is 29.5 Å². The lowest BCUT2D eigenvalue weighted by atomic mass is 10.1. The van der Waals surface area contributed by atoms with E-state index in [4.69, 9.17) is 9.84 Å². The summed E-state index contributed by atoms with van der Waals surface area (Å²) in [6.07, 6.45) is 2.33. The van der Waals surface area contributed by atoms with Crippen molar-refractivity contribution in [3.05, 3.63) is 65.7 Å². The molecule has 148 valence electrons. The van der Waals surface area contributed by atoms with Crippen LogP contribution in [0.4, 0.5) is 5.69 Å². The fraction of sp³-hybridized carbons (Fsp3) is 0.143. The Morgan fingerprint density at radius 1 is 1.17 bits per heavy atom. The normalized spacial score (nSPS) is 12.9. The SMILES string of the molecule is O=C(O)C=Cc1ccccc1OCC(=O)C(=O)c1cccc(NC2=NCCN2)c1. The van der Waals surface area contributed by atoms with Crippen LogP contribution in [0, 0.1) is 0 Å². The lowest BCUT2D eigenvalue weighted by Crippen LogP contribution is -2.26. The number of carboxylic acid groups (broad SMARTS) is 1. The number of ketones is 2. The van der Waals surface area contributed by atoms with Crippen LogP contribution < -0.4 is 15.4 Å². The van der Waals surface area contributed by atoms with Crippen LogP contribution in [0.1, 0.15) is 15.9 Å². The first-order valence-corrected chi connectivity index (χ1v) is 8.89. The lowest BCUT2D eigenvalue weighted by molar-refractivity contribution is -0.131. The van der Waals surface area contributed by atoms with Crippen molar-refractivity contribution in [3.8, 4) is 5.75 Å². The first kappa shape index (κ1) is 19.8. The molecule has 0 spiro atoms. The molecule has 0 aromatic heterocycles. The molecule has 2 aromatic rings. The van der Waals surface area contributed by atoms with Gasteiger partial charge in [-0.1, -0.05) is 30.3 Å². The number of aliphatic carboxylic acids is 1. The van der Waals surface area contributed by atoms with Crippen molar-refractivity contribution in [2.45, 2.75) is 0 Å². The number of carboxylic acids is 1. The van der Waals surface area contributed by atoms with Gasteiger partial charge in [-0.15, -0.1) is 0 Å². The molecule has 3 N–H and O–H groups in total. The predicted molar refractivity (Wildman–Crippen MR) is 108 cm³/mol. The van der Waals surface area contributed by atoms with E-state index in [0.717, 1.165) is 12.6 Å². The Hall–Kier alpha value is -3.94. The topological polar surface area (TPSA) is 117 Å². The highest BCUT2D eigenvalue weighted by atomic mass is 16.5. The number of aliphatic imine (C=N–C) groups is 1. The van der Waals surface area contributed by atoms with E-state index in [-0.39, 0.29) is 5.56 Å². The highest BCUT2D eigenvalue weighted by molar-refractivity contribution is 6.44. The third-order valence-electron chi connectivity index (χ3n) is 4.00. The van der Waals surface area contributed by atoms with Gasteiger partial charge < -0.3 is 20.5 Å². The fourth-order valence-corrected chi connectivity index (χ4v) is 2.64. The van der Waals surface area contributed by atoms with Crippen LogP contribution in [0.5, 0.6) is 5.75 Å². The van der Waals surface area contributed by atoms with E-state index in [1.165, 1.54) is 6.08 Å². The summed E-state index contributed by atoms with van der Waals surface area (Å²) in [5, 5.41) is 14.9. The molecule has 1 aliphatic rings. The Morgan fingerprint density at radius 2 is 2.00 bits per heavy atom. The standard InChI is InChI=1S/C21H19N3O5/c25-17(13-29-18-7-2-1-4-14(18)8-9-19(26)27)20(28)15-5-3-6-16(12-15)24-21-22-10-11-23-21/h1-9,12H,10-11,13H2,(H,26,27)(H2,22,23,24). The maximum atomic E-state index is 12.5. The molecule has 0 saturated heterocycles. The van der Waals surface area contributed by atoms with Gasteiger partial charge in [-0.05, 0) is 24.3 Å². The largest absolute Gasteiger partial charge is 0.485 e. The van der Waals surface area contributed by atoms with Crippen molar-refractivity contribution < 1.29 is 24.2 Å². The minimum atomic E-state index is -1.10. The minimum Gasteiger partial charge on any atom is -0.485 e. The van der Waals surface area contributed by atoms with Crippen molar-refractivity contribution in [2.24, 2.45) is 4.99 Å². The molecule has 0 radical (unpaired) electrons. The lowest BCUT2D eigenvalue weighted by Gasteiger charge is -2.09. The van der Waals surface area contributed by atoms with E-state index in [2.05, 4.69) is 15.6 Å². The first-order valence-electron chi connectivity index (χ1n) is 8.89. The fourth-order valence-electron chi connectivity index (χ4n) is 2.64. The van der Waals surface area contributed by atoms with Crippen molar-refractivity contribution in [1.29, 1.82) is 0 Å². The molecule has 8 heteroatoms. The monoisotopic (exact) mass is 393 g/mol. The molecule has 3 rings (SSSR count). The van der Waals surface area contributed by atoms with Crippen LogP contribution in [0.25, 0.3) is 6.08 Å². The van der Waals surface area contributed by atoms with E-state index >= 15 is 0 Å². The number of hydrogen-bond acceptors (Lipinski definition) is 7. The number of Topliss-reactive ketones (excluding diaryl/α,β-unsaturated/α-hetero) is 2. The van der Waals surface area contributed by atoms with Gasteiger partial charge in [0.05, 0.1) is 6.54 Å². The number of carbonyl (C=O) groups excluding carboxylic acids is 2. The second kappa shape index (κ2) is 9.32. The number of carbonyl (C=O) groups is 3. The maximum absolute atomic E-state index is 12.5. The summed E-state index contributed by atoms with van der Waals surface area (Å²) in [6.45, 7) is 0.975. The Morgan fingerprint density at radius 3 is 2.76 bits per heavy atom. The summed E-state index contributed by atoms with van der Waals surface area (Å²) in [6, 6.07) is 13.2. The summed E-state index contributed by atoms with van der Waals surface area (Å²) in [5.41, 5.74) is 1.37. The number of anilines is 1. The second-order valence-electron chi connectivity index (χ2n) is 6.11. The van der Waals surface area contributed by atoms with E-state index in [1.807, 2.05) is 0 Å². The Balaban J connectivity index is 1.64. The zero-order valence-corrected chi connectivity index (χ0v) is 15.4. The first-order chi connectivity index (χ1) is 14.0. The molecule has 0 amide bonds. The molecule has 1 aliphatic heterocycles. The summed E-state index contributed by atoms with van der Waals surface area (Å²) < 4.78 is 5.45. The molecule has 0 bridgehead atoms. The van der Waals surface area contributed by atoms with Gasteiger partial charge >= 0.3 is 5.97 Å². The molecule has 0 atom stereocenters. The molecular weight excluding hydrogens is 374 g/mol. The summed E-state index contributed by atoms with van der Waals surface area (Å²) in [7, 11) is 0. The molecule has 0 fully saturated rings. The Labute approximate surface area is 166 Å². The van der Waals surface area contributed by atoms with E-state index in [9.17, 15) is 14.4 Å². The Bertz CT molecular complexity index is 997. The zero-order valence-electron chi connectivity index (χ0n) is 15.4. The summed E-state index contributed by atoms with van der Waals surface area (Å²) in [4.78, 5) is 39.7. The molecular formula is C21H19N3O5. The second-order valence-corrected chi connectivity index (χ2v) is 6.11. The molecule has 2 aromatic carbocycles. The van der Waals surface area contributed by atoms with E-state index in [1.54, 1.807) is 48.5 Å². The smallest absolute Gasteiger partial charge is 0.328 e. The molecule has 1 heterocycles. The van der Waals surface area contributed by atoms with Crippen LogP contribution in [0.3, 0.4) is 0 Å². The molecule has 0 unspecified atom stereocenters. The van der Waals surface area contributed by atoms with Crippen molar-refractivity contribution in [1.82, 2.24) is 5.32 Å². The molecule has 29 heavy (non-hydrogen) atoms. The maximum Gasteiger partial charge on any atom is 0.328 e. The molecule has 0 saturated carbocycles. The quantitative estimate of drug-likeness (QED) is 0.357. The zero-order chi connectivity index (χ0) is 20.6. The number of ether oxygens (including phenoxy) is 1. The summed E-state index contributed by atoms with van der Waals surface area (Å²) >= 11 is 0. The van der Waals surface area contributed by atoms with Crippen LogP contribution in [0.15, 0.2) is 59.6 Å². The van der Waals surface area contributed by atoms with Gasteiger partial charge in [-0.3, -0.25) is 14.6 Å². The summed E-state index contributed by atoms with van der Waals surface area (Å²) in [5.74, 6) is -1.55. The van der Waals surface area contributed by atoms with Crippen LogP contribution in [-0.4, -0.2) is 48.3 Å². The van der Waals surface area contributed by atoms with Gasteiger partial charge in [-0.25, -0.2) is 4.79 Å². The average molecular weight is 393 g/mol.